The molecule has 1 atom stereocenters. The van der Waals surface area contributed by atoms with Gasteiger partial charge in [0.05, 0.1) is 10.7 Å². The van der Waals surface area contributed by atoms with Crippen LogP contribution < -0.4 is 5.32 Å². The van der Waals surface area contributed by atoms with E-state index < -0.39 is 6.04 Å². The van der Waals surface area contributed by atoms with Crippen molar-refractivity contribution in [2.75, 3.05) is 0 Å². The van der Waals surface area contributed by atoms with Gasteiger partial charge in [0.25, 0.3) is 5.91 Å². The normalized spacial score (nSPS) is 15.0. The average Bonchev–Trinajstić information content (AvgIpc) is 3.18. The van der Waals surface area contributed by atoms with Crippen molar-refractivity contribution in [3.63, 3.8) is 0 Å². The lowest BCUT2D eigenvalue weighted by Gasteiger charge is -2.33. The minimum absolute atomic E-state index is 0.113. The zero-order valence-electron chi connectivity index (χ0n) is 20.2. The number of thiazole rings is 1. The number of hydrogen-bond acceptors (Lipinski definition) is 4. The molecule has 1 heterocycles. The van der Waals surface area contributed by atoms with Crippen molar-refractivity contribution >= 4 is 23.2 Å². The molecule has 1 N–H and O–H groups in total. The zero-order valence-corrected chi connectivity index (χ0v) is 21.0. The molecule has 0 saturated heterocycles. The molecule has 6 heteroatoms. The summed E-state index contributed by atoms with van der Waals surface area (Å²) in [7, 11) is 0. The van der Waals surface area contributed by atoms with Crippen LogP contribution in [-0.4, -0.2) is 27.7 Å². The van der Waals surface area contributed by atoms with E-state index in [1.54, 1.807) is 4.90 Å². The van der Waals surface area contributed by atoms with Crippen LogP contribution in [-0.2, 0) is 11.3 Å². The topological polar surface area (TPSA) is 62.3 Å². The van der Waals surface area contributed by atoms with Gasteiger partial charge in [0.2, 0.25) is 5.91 Å². The summed E-state index contributed by atoms with van der Waals surface area (Å²) in [4.78, 5) is 34.6. The molecule has 1 aliphatic carbocycles. The molecule has 0 spiro atoms. The van der Waals surface area contributed by atoms with Crippen LogP contribution in [0.1, 0.15) is 75.2 Å². The fourth-order valence-electron chi connectivity index (χ4n) is 4.67. The van der Waals surface area contributed by atoms with Crippen LogP contribution in [0.5, 0.6) is 0 Å². The molecule has 1 fully saturated rings. The van der Waals surface area contributed by atoms with Crippen molar-refractivity contribution in [1.29, 1.82) is 0 Å². The highest BCUT2D eigenvalue weighted by Crippen LogP contribution is 2.29. The zero-order chi connectivity index (χ0) is 24.1. The maximum absolute atomic E-state index is 14.0. The number of nitrogens with one attached hydrogen (secondary N) is 1. The number of nitrogens with zero attached hydrogens (tertiary/aromatic N) is 2. The standard InChI is InChI=1S/C28H33N3O2S/c1-19-14-16-22(17-15-19)18-31(28(33)26-20(2)29-21(3)34-26)25(23-10-6-4-7-11-23)27(32)30-24-12-8-5-9-13-24/h4,6-7,10-11,14-17,24-25H,5,8-9,12-13,18H2,1-3H3,(H,30,32)/t25-/m0/s1. The summed E-state index contributed by atoms with van der Waals surface area (Å²) in [5, 5.41) is 4.12. The van der Waals surface area contributed by atoms with Crippen molar-refractivity contribution in [1.82, 2.24) is 15.2 Å². The Morgan fingerprint density at radius 3 is 2.29 bits per heavy atom. The highest BCUT2D eigenvalue weighted by molar-refractivity contribution is 7.13. The molecule has 1 aliphatic rings. The van der Waals surface area contributed by atoms with Gasteiger partial charge in [0, 0.05) is 12.6 Å². The molecule has 0 bridgehead atoms. The van der Waals surface area contributed by atoms with E-state index in [0.29, 0.717) is 17.1 Å². The minimum Gasteiger partial charge on any atom is -0.351 e. The maximum Gasteiger partial charge on any atom is 0.267 e. The Balaban J connectivity index is 1.74. The van der Waals surface area contributed by atoms with E-state index in [0.717, 1.165) is 47.4 Å². The molecule has 4 rings (SSSR count). The Hall–Kier alpha value is -2.99. The largest absolute Gasteiger partial charge is 0.351 e. The minimum atomic E-state index is -0.723. The van der Waals surface area contributed by atoms with Crippen LogP contribution >= 0.6 is 11.3 Å². The van der Waals surface area contributed by atoms with Crippen LogP contribution in [0, 0.1) is 20.8 Å². The lowest BCUT2D eigenvalue weighted by Crippen LogP contribution is -2.46. The summed E-state index contributed by atoms with van der Waals surface area (Å²) in [6, 6.07) is 17.2. The van der Waals surface area contributed by atoms with Crippen molar-refractivity contribution in [2.24, 2.45) is 0 Å². The SMILES string of the molecule is Cc1ccc(CN(C(=O)c2sc(C)nc2C)[C@H](C(=O)NC2CCCCC2)c2ccccc2)cc1. The smallest absolute Gasteiger partial charge is 0.267 e. The second-order valence-corrected chi connectivity index (χ2v) is 10.4. The van der Waals surface area contributed by atoms with E-state index in [9.17, 15) is 9.59 Å². The molecule has 1 saturated carbocycles. The van der Waals surface area contributed by atoms with Gasteiger partial charge in [-0.25, -0.2) is 4.98 Å². The first-order valence-corrected chi connectivity index (χ1v) is 12.9. The van der Waals surface area contributed by atoms with Gasteiger partial charge in [-0.3, -0.25) is 9.59 Å². The number of amides is 2. The number of carbonyl (C=O) groups is 2. The number of carbonyl (C=O) groups excluding carboxylic acids is 2. The predicted molar refractivity (Wildman–Crippen MR) is 137 cm³/mol. The number of rotatable bonds is 7. The molecule has 1 aromatic heterocycles. The third kappa shape index (κ3) is 5.73. The molecule has 5 nitrogen and oxygen atoms in total. The first kappa shape index (κ1) is 24.1. The molecule has 0 aliphatic heterocycles. The highest BCUT2D eigenvalue weighted by atomic mass is 32.1. The third-order valence-electron chi connectivity index (χ3n) is 6.46. The van der Waals surface area contributed by atoms with Gasteiger partial charge in [0.15, 0.2) is 0 Å². The van der Waals surface area contributed by atoms with Crippen molar-refractivity contribution in [2.45, 2.75) is 71.5 Å². The molecule has 2 aromatic carbocycles. The first-order chi connectivity index (χ1) is 16.4. The van der Waals surface area contributed by atoms with Crippen molar-refractivity contribution in [3.05, 3.63) is 86.9 Å². The Kier molecular flexibility index (Phi) is 7.78. The van der Waals surface area contributed by atoms with Gasteiger partial charge in [-0.2, -0.15) is 0 Å². The summed E-state index contributed by atoms with van der Waals surface area (Å²) in [6.45, 7) is 6.15. The summed E-state index contributed by atoms with van der Waals surface area (Å²) in [6.07, 6.45) is 5.47. The quantitative estimate of drug-likeness (QED) is 0.463. The van der Waals surface area contributed by atoms with Crippen LogP contribution in [0.2, 0.25) is 0 Å². The van der Waals surface area contributed by atoms with Gasteiger partial charge in [-0.15, -0.1) is 11.3 Å². The van der Waals surface area contributed by atoms with Gasteiger partial charge in [-0.1, -0.05) is 79.4 Å². The Bertz CT molecular complexity index is 1120. The average molecular weight is 476 g/mol. The molecule has 3 aromatic rings. The van der Waals surface area contributed by atoms with E-state index >= 15 is 0 Å². The van der Waals surface area contributed by atoms with Crippen LogP contribution in [0.25, 0.3) is 0 Å². The number of hydrogen-bond donors (Lipinski definition) is 1. The monoisotopic (exact) mass is 475 g/mol. The van der Waals surface area contributed by atoms with Gasteiger partial charge < -0.3 is 10.2 Å². The van der Waals surface area contributed by atoms with E-state index in [1.807, 2.05) is 75.4 Å². The van der Waals surface area contributed by atoms with Crippen molar-refractivity contribution < 1.29 is 9.59 Å². The molecule has 0 radical (unpaired) electrons. The molecule has 2 amide bonds. The lowest BCUT2D eigenvalue weighted by molar-refractivity contribution is -0.127. The summed E-state index contributed by atoms with van der Waals surface area (Å²) in [5.41, 5.74) is 3.67. The highest BCUT2D eigenvalue weighted by Gasteiger charge is 2.34. The molecule has 178 valence electrons. The second kappa shape index (κ2) is 11.0. The molecule has 34 heavy (non-hydrogen) atoms. The number of aryl methyl sites for hydroxylation is 3. The first-order valence-electron chi connectivity index (χ1n) is 12.1. The summed E-state index contributed by atoms with van der Waals surface area (Å²) >= 11 is 1.39. The molecular weight excluding hydrogens is 442 g/mol. The Morgan fingerprint density at radius 2 is 1.68 bits per heavy atom. The fraction of sp³-hybridized carbons (Fsp3) is 0.393. The van der Waals surface area contributed by atoms with E-state index in [-0.39, 0.29) is 17.9 Å². The van der Waals surface area contributed by atoms with Crippen LogP contribution in [0.15, 0.2) is 54.6 Å². The lowest BCUT2D eigenvalue weighted by atomic mass is 9.94. The van der Waals surface area contributed by atoms with Gasteiger partial charge in [0.1, 0.15) is 10.9 Å². The summed E-state index contributed by atoms with van der Waals surface area (Å²) < 4.78 is 0. The van der Waals surface area contributed by atoms with E-state index in [2.05, 4.69) is 10.3 Å². The van der Waals surface area contributed by atoms with Crippen molar-refractivity contribution in [3.8, 4) is 0 Å². The van der Waals surface area contributed by atoms with E-state index in [1.165, 1.54) is 17.8 Å². The third-order valence-corrected chi connectivity index (χ3v) is 7.52. The fourth-order valence-corrected chi connectivity index (χ4v) is 5.54. The van der Waals surface area contributed by atoms with Gasteiger partial charge in [-0.05, 0) is 44.7 Å². The molecular formula is C28H33N3O2S. The number of benzene rings is 2. The Morgan fingerprint density at radius 1 is 1.00 bits per heavy atom. The summed E-state index contributed by atoms with van der Waals surface area (Å²) in [5.74, 6) is -0.270. The Labute approximate surface area is 206 Å². The predicted octanol–water partition coefficient (Wildman–Crippen LogP) is 5.90. The van der Waals surface area contributed by atoms with E-state index in [4.69, 9.17) is 0 Å². The second-order valence-electron chi connectivity index (χ2n) is 9.22. The number of aromatic nitrogens is 1. The van der Waals surface area contributed by atoms with Gasteiger partial charge >= 0.3 is 0 Å². The molecule has 0 unspecified atom stereocenters. The van der Waals surface area contributed by atoms with Crippen LogP contribution in [0.4, 0.5) is 0 Å². The van der Waals surface area contributed by atoms with Crippen LogP contribution in [0.3, 0.4) is 0 Å². The maximum atomic E-state index is 14.0.